The maximum Gasteiger partial charge on any atom is 0.240 e. The lowest BCUT2D eigenvalue weighted by molar-refractivity contribution is -0.125. The number of hydrogen-bond donors (Lipinski definition) is 3. The predicted molar refractivity (Wildman–Crippen MR) is 82.0 cm³/mol. The van der Waals surface area contributed by atoms with Crippen LogP contribution in [0, 0.1) is 6.92 Å². The molecule has 0 aromatic heterocycles. The topological polar surface area (TPSA) is 96.5 Å². The van der Waals surface area contributed by atoms with Gasteiger partial charge in [-0.25, -0.2) is 13.1 Å². The summed E-state index contributed by atoms with van der Waals surface area (Å²) >= 11 is 0. The van der Waals surface area contributed by atoms with Crippen LogP contribution in [0.3, 0.4) is 0 Å². The van der Waals surface area contributed by atoms with Crippen LogP contribution in [0.25, 0.3) is 0 Å². The van der Waals surface area contributed by atoms with E-state index in [4.69, 9.17) is 4.74 Å². The summed E-state index contributed by atoms with van der Waals surface area (Å²) in [6, 6.07) is 6.22. The average molecular weight is 327 g/mol. The van der Waals surface area contributed by atoms with Gasteiger partial charge in [-0.15, -0.1) is 0 Å². The lowest BCUT2D eigenvalue weighted by Crippen LogP contribution is -2.52. The van der Waals surface area contributed by atoms with Gasteiger partial charge in [0.1, 0.15) is 6.04 Å². The van der Waals surface area contributed by atoms with Gasteiger partial charge < -0.3 is 15.4 Å². The van der Waals surface area contributed by atoms with Crippen molar-refractivity contribution in [1.82, 2.24) is 15.4 Å². The molecule has 1 aliphatic rings. The summed E-state index contributed by atoms with van der Waals surface area (Å²) in [4.78, 5) is 12.0. The van der Waals surface area contributed by atoms with Crippen molar-refractivity contribution in [1.29, 1.82) is 0 Å². The van der Waals surface area contributed by atoms with Crippen molar-refractivity contribution < 1.29 is 17.9 Å². The summed E-state index contributed by atoms with van der Waals surface area (Å²) in [6.45, 7) is 3.82. The van der Waals surface area contributed by atoms with Gasteiger partial charge in [-0.1, -0.05) is 17.7 Å². The third-order valence-corrected chi connectivity index (χ3v) is 4.76. The summed E-state index contributed by atoms with van der Waals surface area (Å²) in [6.07, 6.45) is 0. The number of sulfonamides is 1. The van der Waals surface area contributed by atoms with E-state index in [1.165, 1.54) is 0 Å². The second-order valence-electron chi connectivity index (χ2n) is 5.08. The molecule has 22 heavy (non-hydrogen) atoms. The summed E-state index contributed by atoms with van der Waals surface area (Å²) in [5.74, 6) is -0.186. The zero-order valence-electron chi connectivity index (χ0n) is 12.5. The highest BCUT2D eigenvalue weighted by molar-refractivity contribution is 7.89. The van der Waals surface area contributed by atoms with E-state index in [0.29, 0.717) is 19.8 Å². The van der Waals surface area contributed by atoms with Gasteiger partial charge in [0.25, 0.3) is 0 Å². The largest absolute Gasteiger partial charge is 0.378 e. The van der Waals surface area contributed by atoms with E-state index in [-0.39, 0.29) is 29.9 Å². The number of amides is 1. The van der Waals surface area contributed by atoms with E-state index in [0.717, 1.165) is 5.56 Å². The second-order valence-corrected chi connectivity index (χ2v) is 6.85. The number of hydrogen-bond acceptors (Lipinski definition) is 5. The van der Waals surface area contributed by atoms with Crippen molar-refractivity contribution in [3.63, 3.8) is 0 Å². The van der Waals surface area contributed by atoms with Crippen molar-refractivity contribution >= 4 is 15.9 Å². The number of aryl methyl sites for hydroxylation is 1. The highest BCUT2D eigenvalue weighted by atomic mass is 32.2. The highest BCUT2D eigenvalue weighted by Crippen LogP contribution is 2.09. The Morgan fingerprint density at radius 3 is 2.68 bits per heavy atom. The van der Waals surface area contributed by atoms with Crippen molar-refractivity contribution in [3.8, 4) is 0 Å². The van der Waals surface area contributed by atoms with Gasteiger partial charge in [-0.05, 0) is 19.1 Å². The summed E-state index contributed by atoms with van der Waals surface area (Å²) in [7, 11) is -3.54. The molecule has 8 heteroatoms. The quantitative estimate of drug-likeness (QED) is 0.605. The lowest BCUT2D eigenvalue weighted by atomic mass is 10.2. The number of carbonyl (C=O) groups is 1. The third-order valence-electron chi connectivity index (χ3n) is 3.29. The molecule has 1 unspecified atom stereocenters. The number of nitrogens with one attached hydrogen (secondary N) is 3. The first kappa shape index (κ1) is 16.9. The molecule has 1 saturated heterocycles. The number of ether oxygens (including phenoxy) is 1. The average Bonchev–Trinajstić information content (AvgIpc) is 2.52. The molecular weight excluding hydrogens is 306 g/mol. The highest BCUT2D eigenvalue weighted by Gasteiger charge is 2.20. The molecule has 7 nitrogen and oxygen atoms in total. The second kappa shape index (κ2) is 7.68. The van der Waals surface area contributed by atoms with Crippen molar-refractivity contribution in [2.24, 2.45) is 0 Å². The predicted octanol–water partition coefficient (Wildman–Crippen LogP) is -0.622. The first-order valence-electron chi connectivity index (χ1n) is 7.14. The first-order chi connectivity index (χ1) is 10.5. The Labute approximate surface area is 130 Å². The number of rotatable bonds is 6. The van der Waals surface area contributed by atoms with Gasteiger partial charge in [0.15, 0.2) is 0 Å². The van der Waals surface area contributed by atoms with Crippen LogP contribution in [-0.4, -0.2) is 53.2 Å². The molecule has 3 N–H and O–H groups in total. The number of carbonyl (C=O) groups excluding carboxylic acids is 1. The van der Waals surface area contributed by atoms with E-state index in [9.17, 15) is 13.2 Å². The van der Waals surface area contributed by atoms with Gasteiger partial charge in [0.2, 0.25) is 15.9 Å². The van der Waals surface area contributed by atoms with Crippen LogP contribution in [0.15, 0.2) is 29.2 Å². The fourth-order valence-corrected chi connectivity index (χ4v) is 3.06. The molecule has 1 heterocycles. The lowest BCUT2D eigenvalue weighted by Gasteiger charge is -2.22. The van der Waals surface area contributed by atoms with Crippen LogP contribution < -0.4 is 15.4 Å². The van der Waals surface area contributed by atoms with Crippen LogP contribution in [0.2, 0.25) is 0 Å². The van der Waals surface area contributed by atoms with Gasteiger partial charge in [-0.3, -0.25) is 4.79 Å². The molecule has 1 atom stereocenters. The van der Waals surface area contributed by atoms with E-state index in [1.54, 1.807) is 24.3 Å². The molecule has 0 aliphatic carbocycles. The van der Waals surface area contributed by atoms with E-state index in [2.05, 4.69) is 15.4 Å². The van der Waals surface area contributed by atoms with E-state index >= 15 is 0 Å². The molecule has 2 rings (SSSR count). The Morgan fingerprint density at radius 1 is 1.32 bits per heavy atom. The van der Waals surface area contributed by atoms with Gasteiger partial charge in [0.05, 0.1) is 18.1 Å². The van der Waals surface area contributed by atoms with Crippen LogP contribution >= 0.6 is 0 Å². The van der Waals surface area contributed by atoms with Gasteiger partial charge in [0, 0.05) is 19.6 Å². The number of morpholine rings is 1. The van der Waals surface area contributed by atoms with Gasteiger partial charge in [-0.2, -0.15) is 0 Å². The SMILES string of the molecule is Cc1ccc(S(=O)(=O)NCCNC(=O)C2COCCN2)cc1. The minimum absolute atomic E-state index is 0.134. The Hall–Kier alpha value is -1.48. The smallest absolute Gasteiger partial charge is 0.240 e. The monoisotopic (exact) mass is 327 g/mol. The molecule has 122 valence electrons. The molecule has 1 fully saturated rings. The van der Waals surface area contributed by atoms with Gasteiger partial charge >= 0.3 is 0 Å². The number of benzene rings is 1. The normalized spacial score (nSPS) is 18.9. The zero-order chi connectivity index (χ0) is 16.0. The maximum atomic E-state index is 12.0. The fourth-order valence-electron chi connectivity index (χ4n) is 2.03. The molecule has 1 aliphatic heterocycles. The maximum absolute atomic E-state index is 12.0. The summed E-state index contributed by atoms with van der Waals surface area (Å²) in [5, 5.41) is 5.71. The third kappa shape index (κ3) is 4.77. The molecule has 0 saturated carbocycles. The molecule has 0 radical (unpaired) electrons. The zero-order valence-corrected chi connectivity index (χ0v) is 13.3. The van der Waals surface area contributed by atoms with Crippen molar-refractivity contribution in [3.05, 3.63) is 29.8 Å². The Balaban J connectivity index is 1.75. The Morgan fingerprint density at radius 2 is 2.05 bits per heavy atom. The Kier molecular flexibility index (Phi) is 5.90. The Bertz CT molecular complexity index is 595. The molecule has 0 bridgehead atoms. The standard InChI is InChI=1S/C14H21N3O4S/c1-11-2-4-12(5-3-11)22(19,20)17-7-6-16-14(18)13-10-21-9-8-15-13/h2-5,13,15,17H,6-10H2,1H3,(H,16,18). The van der Waals surface area contributed by atoms with E-state index in [1.807, 2.05) is 6.92 Å². The molecule has 1 aromatic rings. The van der Waals surface area contributed by atoms with Crippen molar-refractivity contribution in [2.75, 3.05) is 32.8 Å². The van der Waals surface area contributed by atoms with Crippen LogP contribution in [0.5, 0.6) is 0 Å². The van der Waals surface area contributed by atoms with E-state index < -0.39 is 10.0 Å². The van der Waals surface area contributed by atoms with Crippen LogP contribution in [0.1, 0.15) is 5.56 Å². The molecule has 0 spiro atoms. The molecule has 1 aromatic carbocycles. The minimum Gasteiger partial charge on any atom is -0.378 e. The van der Waals surface area contributed by atoms with Crippen LogP contribution in [0.4, 0.5) is 0 Å². The summed E-state index contributed by atoms with van der Waals surface area (Å²) in [5.41, 5.74) is 0.994. The fraction of sp³-hybridized carbons (Fsp3) is 0.500. The van der Waals surface area contributed by atoms with Crippen LogP contribution in [-0.2, 0) is 19.6 Å². The molecular formula is C14H21N3O4S. The van der Waals surface area contributed by atoms with Crippen molar-refractivity contribution in [2.45, 2.75) is 17.9 Å². The molecule has 1 amide bonds. The first-order valence-corrected chi connectivity index (χ1v) is 8.62. The minimum atomic E-state index is -3.54. The summed E-state index contributed by atoms with van der Waals surface area (Å²) < 4.78 is 31.7.